The molecular formula is C11H15BrNO3S2+. The summed E-state index contributed by atoms with van der Waals surface area (Å²) in [6.07, 6.45) is 1.67. The van der Waals surface area contributed by atoms with Crippen molar-refractivity contribution in [3.8, 4) is 0 Å². The molecule has 0 spiro atoms. The van der Waals surface area contributed by atoms with E-state index in [9.17, 15) is 12.6 Å². The highest BCUT2D eigenvalue weighted by Gasteiger charge is 2.38. The van der Waals surface area contributed by atoms with E-state index in [1.807, 2.05) is 24.3 Å². The Hall–Kier alpha value is -0.240. The van der Waals surface area contributed by atoms with Gasteiger partial charge in [0.05, 0.1) is 24.6 Å². The smallest absolute Gasteiger partial charge is 0.187 e. The number of rotatable bonds is 2. The first-order chi connectivity index (χ1) is 8.31. The summed E-state index contributed by atoms with van der Waals surface area (Å²) in [5, 5.41) is 0. The molecule has 0 aromatic heterocycles. The number of benzene rings is 1. The zero-order chi connectivity index (χ0) is 13.4. The zero-order valence-electron chi connectivity index (χ0n) is 10.0. The van der Waals surface area contributed by atoms with Crippen molar-refractivity contribution < 1.29 is 12.6 Å². The van der Waals surface area contributed by atoms with E-state index in [1.54, 1.807) is 10.6 Å². The predicted octanol–water partition coefficient (Wildman–Crippen LogP) is 1.58. The van der Waals surface area contributed by atoms with Crippen LogP contribution in [0.15, 0.2) is 33.6 Å². The van der Waals surface area contributed by atoms with Crippen LogP contribution >= 0.6 is 15.9 Å². The molecule has 1 aliphatic heterocycles. The van der Waals surface area contributed by atoms with Crippen molar-refractivity contribution in [2.75, 3.05) is 30.9 Å². The van der Waals surface area contributed by atoms with Crippen LogP contribution in [0.3, 0.4) is 0 Å². The molecule has 1 aromatic carbocycles. The van der Waals surface area contributed by atoms with Gasteiger partial charge in [-0.25, -0.2) is 8.42 Å². The first-order valence-electron chi connectivity index (χ1n) is 5.52. The fourth-order valence-corrected chi connectivity index (χ4v) is 5.40. The Morgan fingerprint density at radius 2 is 1.67 bits per heavy atom. The van der Waals surface area contributed by atoms with E-state index in [1.165, 1.54) is 0 Å². The molecule has 1 atom stereocenters. The molecule has 1 unspecified atom stereocenters. The Labute approximate surface area is 117 Å². The Balaban J connectivity index is 2.22. The molecule has 0 bridgehead atoms. The lowest BCUT2D eigenvalue weighted by atomic mass is 10.4. The number of halogens is 1. The van der Waals surface area contributed by atoms with E-state index >= 15 is 0 Å². The normalized spacial score (nSPS) is 23.4. The van der Waals surface area contributed by atoms with E-state index in [0.717, 1.165) is 9.37 Å². The molecule has 100 valence electrons. The number of sulfone groups is 1. The molecule has 0 saturated carbocycles. The summed E-state index contributed by atoms with van der Waals surface area (Å²) in [5.74, 6) is 0.183. The van der Waals surface area contributed by atoms with Crippen molar-refractivity contribution in [2.45, 2.75) is 4.90 Å². The number of hydrogen-bond donors (Lipinski definition) is 0. The second-order valence-electron chi connectivity index (χ2n) is 4.34. The van der Waals surface area contributed by atoms with Gasteiger partial charge in [0.15, 0.2) is 24.9 Å². The molecule has 1 saturated heterocycles. The first-order valence-corrected chi connectivity index (χ1v) is 10.1. The van der Waals surface area contributed by atoms with Crippen LogP contribution in [-0.4, -0.2) is 43.6 Å². The maximum atomic E-state index is 12.8. The minimum Gasteiger partial charge on any atom is -0.229 e. The monoisotopic (exact) mass is 352 g/mol. The molecule has 1 heterocycles. The van der Waals surface area contributed by atoms with Crippen LogP contribution in [0.25, 0.3) is 0 Å². The summed E-state index contributed by atoms with van der Waals surface area (Å²) in [6.45, 7) is 0.682. The third-order valence-electron chi connectivity index (χ3n) is 3.05. The minimum absolute atomic E-state index is 0.0916. The fraction of sp³-hybridized carbons (Fsp3) is 0.455. The average Bonchev–Trinajstić information content (AvgIpc) is 2.29. The van der Waals surface area contributed by atoms with Crippen LogP contribution in [0.4, 0.5) is 0 Å². The molecule has 7 heteroatoms. The largest absolute Gasteiger partial charge is 0.229 e. The summed E-state index contributed by atoms with van der Waals surface area (Å²) in [4.78, 5) is 0.741. The van der Waals surface area contributed by atoms with E-state index in [0.29, 0.717) is 13.1 Å². The summed E-state index contributed by atoms with van der Waals surface area (Å²) in [7, 11) is -5.27. The maximum Gasteiger partial charge on any atom is 0.187 e. The summed E-state index contributed by atoms with van der Waals surface area (Å²) in [5.41, 5.74) is 0. The van der Waals surface area contributed by atoms with Crippen molar-refractivity contribution in [1.82, 2.24) is 4.31 Å². The molecule has 0 radical (unpaired) electrons. The van der Waals surface area contributed by atoms with Crippen molar-refractivity contribution in [3.05, 3.63) is 28.7 Å². The molecular weight excluding hydrogens is 338 g/mol. The minimum atomic E-state index is -2.94. The Morgan fingerprint density at radius 1 is 1.17 bits per heavy atom. The van der Waals surface area contributed by atoms with Gasteiger partial charge < -0.3 is 0 Å². The molecule has 1 aliphatic rings. The van der Waals surface area contributed by atoms with Crippen molar-refractivity contribution in [1.29, 1.82) is 0 Å². The van der Waals surface area contributed by atoms with Crippen LogP contribution in [0, 0.1) is 0 Å². The van der Waals surface area contributed by atoms with Crippen LogP contribution in [0.1, 0.15) is 0 Å². The van der Waals surface area contributed by atoms with Crippen LogP contribution in [0.2, 0.25) is 0 Å². The molecule has 0 aliphatic carbocycles. The number of nitrogens with zero attached hydrogens (tertiary/aromatic N) is 1. The van der Waals surface area contributed by atoms with Gasteiger partial charge in [-0.05, 0) is 24.3 Å². The van der Waals surface area contributed by atoms with Crippen molar-refractivity contribution >= 4 is 35.9 Å². The van der Waals surface area contributed by atoms with Gasteiger partial charge in [-0.3, -0.25) is 0 Å². The fourth-order valence-electron chi connectivity index (χ4n) is 1.88. The van der Waals surface area contributed by atoms with Gasteiger partial charge in [-0.1, -0.05) is 20.1 Å². The molecule has 18 heavy (non-hydrogen) atoms. The zero-order valence-corrected chi connectivity index (χ0v) is 13.2. The maximum absolute atomic E-state index is 12.8. The molecule has 0 N–H and O–H groups in total. The van der Waals surface area contributed by atoms with Gasteiger partial charge >= 0.3 is 0 Å². The van der Waals surface area contributed by atoms with Gasteiger partial charge in [-0.15, -0.1) is 4.31 Å². The average molecular weight is 353 g/mol. The summed E-state index contributed by atoms with van der Waals surface area (Å²) >= 11 is 3.34. The third kappa shape index (κ3) is 3.01. The predicted molar refractivity (Wildman–Crippen MR) is 76.6 cm³/mol. The summed E-state index contributed by atoms with van der Waals surface area (Å²) in [6, 6.07) is 7.32. The molecule has 4 nitrogen and oxygen atoms in total. The van der Waals surface area contributed by atoms with Crippen molar-refractivity contribution in [2.24, 2.45) is 0 Å². The van der Waals surface area contributed by atoms with Gasteiger partial charge in [0.2, 0.25) is 0 Å². The molecule has 1 aromatic rings. The van der Waals surface area contributed by atoms with E-state index < -0.39 is 20.0 Å². The Bertz CT molecular complexity index is 569. The highest BCUT2D eigenvalue weighted by atomic mass is 79.9. The standard InChI is InChI=1S/C11H15BrNO3S2/c1-17(14,11-4-2-10(12)3-5-11)13-6-8-18(15,16)9-7-13/h2-5H,6-9H2,1H3/q+1. The molecule has 2 rings (SSSR count). The third-order valence-corrected chi connectivity index (χ3v) is 7.68. The number of hydrogen-bond acceptors (Lipinski definition) is 3. The highest BCUT2D eigenvalue weighted by molar-refractivity contribution is 9.10. The quantitative estimate of drug-likeness (QED) is 0.759. The Kier molecular flexibility index (Phi) is 3.96. The van der Waals surface area contributed by atoms with Crippen molar-refractivity contribution in [3.63, 3.8) is 0 Å². The lowest BCUT2D eigenvalue weighted by molar-refractivity contribution is 0.444. The van der Waals surface area contributed by atoms with E-state index in [4.69, 9.17) is 0 Å². The second-order valence-corrected chi connectivity index (χ2v) is 10.1. The molecule has 1 fully saturated rings. The van der Waals surface area contributed by atoms with Crippen LogP contribution in [0.5, 0.6) is 0 Å². The molecule has 0 amide bonds. The topological polar surface area (TPSA) is 54.5 Å². The van der Waals surface area contributed by atoms with Gasteiger partial charge in [0, 0.05) is 4.47 Å². The lowest BCUT2D eigenvalue weighted by Gasteiger charge is -2.25. The second kappa shape index (κ2) is 5.03. The summed E-state index contributed by atoms with van der Waals surface area (Å²) < 4.78 is 38.2. The first kappa shape index (κ1) is 14.2. The highest BCUT2D eigenvalue weighted by Crippen LogP contribution is 2.25. The van der Waals surface area contributed by atoms with E-state index in [2.05, 4.69) is 15.9 Å². The van der Waals surface area contributed by atoms with Gasteiger partial charge in [0.25, 0.3) is 0 Å². The van der Waals surface area contributed by atoms with Gasteiger partial charge in [-0.2, -0.15) is 0 Å². The van der Waals surface area contributed by atoms with Gasteiger partial charge in [0.1, 0.15) is 6.26 Å². The van der Waals surface area contributed by atoms with E-state index in [-0.39, 0.29) is 11.5 Å². The SMILES string of the molecule is C[S+](=O)(c1ccc(Br)cc1)N1CCS(=O)(=O)CC1. The van der Waals surface area contributed by atoms with Crippen LogP contribution in [-0.2, 0) is 24.2 Å². The Morgan fingerprint density at radius 3 is 2.17 bits per heavy atom. The van der Waals surface area contributed by atoms with Crippen LogP contribution < -0.4 is 0 Å². The lowest BCUT2D eigenvalue weighted by Crippen LogP contribution is -2.46.